The van der Waals surface area contributed by atoms with Crippen LogP contribution in [0.4, 0.5) is 4.39 Å². The highest BCUT2D eigenvalue weighted by Crippen LogP contribution is 2.19. The molecule has 1 rings (SSSR count). The molecule has 0 aliphatic heterocycles. The van der Waals surface area contributed by atoms with Crippen molar-refractivity contribution >= 4 is 0 Å². The van der Waals surface area contributed by atoms with Gasteiger partial charge in [-0.15, -0.1) is 0 Å². The molecule has 1 aromatic rings. The Bertz CT molecular complexity index is 368. The smallest absolute Gasteiger partial charge is 0.140 e. The van der Waals surface area contributed by atoms with Gasteiger partial charge in [-0.2, -0.15) is 5.26 Å². The molecular formula is C12H15FN2. The Labute approximate surface area is 89.5 Å². The molecule has 0 fully saturated rings. The second-order valence-corrected chi connectivity index (χ2v) is 3.60. The fraction of sp³-hybridized carbons (Fsp3) is 0.417. The molecule has 0 radical (unpaired) electrons. The van der Waals surface area contributed by atoms with Crippen LogP contribution in [0.2, 0.25) is 0 Å². The Kier molecular flexibility index (Phi) is 4.26. The van der Waals surface area contributed by atoms with E-state index in [9.17, 15) is 4.39 Å². The van der Waals surface area contributed by atoms with E-state index in [-0.39, 0.29) is 11.6 Å². The second kappa shape index (κ2) is 5.47. The first-order valence-electron chi connectivity index (χ1n) is 5.14. The number of benzene rings is 1. The van der Waals surface area contributed by atoms with Crippen molar-refractivity contribution in [2.75, 3.05) is 0 Å². The van der Waals surface area contributed by atoms with Gasteiger partial charge in [-0.3, -0.25) is 0 Å². The van der Waals surface area contributed by atoms with Crippen molar-refractivity contribution < 1.29 is 4.39 Å². The van der Waals surface area contributed by atoms with Crippen molar-refractivity contribution in [1.82, 2.24) is 0 Å². The van der Waals surface area contributed by atoms with E-state index >= 15 is 0 Å². The van der Waals surface area contributed by atoms with Crippen LogP contribution in [-0.2, 0) is 0 Å². The average Bonchev–Trinajstić information content (AvgIpc) is 2.26. The minimum absolute atomic E-state index is 0.0689. The first-order valence-corrected chi connectivity index (χ1v) is 5.14. The van der Waals surface area contributed by atoms with E-state index in [0.717, 1.165) is 24.8 Å². The summed E-state index contributed by atoms with van der Waals surface area (Å²) < 4.78 is 13.0. The van der Waals surface area contributed by atoms with Crippen LogP contribution in [0, 0.1) is 17.1 Å². The highest BCUT2D eigenvalue weighted by Gasteiger charge is 2.08. The van der Waals surface area contributed by atoms with Gasteiger partial charge in [0.05, 0.1) is 5.56 Å². The molecule has 0 unspecified atom stereocenters. The fourth-order valence-electron chi connectivity index (χ4n) is 1.45. The topological polar surface area (TPSA) is 49.8 Å². The Balaban J connectivity index is 2.82. The van der Waals surface area contributed by atoms with Crippen LogP contribution in [0.25, 0.3) is 0 Å². The molecule has 0 heterocycles. The lowest BCUT2D eigenvalue weighted by Crippen LogP contribution is -2.10. The summed E-state index contributed by atoms with van der Waals surface area (Å²) in [5.41, 5.74) is 6.83. The minimum atomic E-state index is -0.482. The summed E-state index contributed by atoms with van der Waals surface area (Å²) in [7, 11) is 0. The maximum Gasteiger partial charge on any atom is 0.140 e. The second-order valence-electron chi connectivity index (χ2n) is 3.60. The van der Waals surface area contributed by atoms with Gasteiger partial charge < -0.3 is 5.73 Å². The van der Waals surface area contributed by atoms with Crippen molar-refractivity contribution in [3.63, 3.8) is 0 Å². The third-order valence-corrected chi connectivity index (χ3v) is 2.41. The summed E-state index contributed by atoms with van der Waals surface area (Å²) in [4.78, 5) is 0. The van der Waals surface area contributed by atoms with Crippen LogP contribution in [0.15, 0.2) is 18.2 Å². The molecule has 0 aromatic heterocycles. The van der Waals surface area contributed by atoms with Crippen molar-refractivity contribution in [3.8, 4) is 6.07 Å². The zero-order chi connectivity index (χ0) is 11.3. The van der Waals surface area contributed by atoms with Crippen molar-refractivity contribution in [2.24, 2.45) is 5.73 Å². The lowest BCUT2D eigenvalue weighted by atomic mass is 10.00. The van der Waals surface area contributed by atoms with E-state index in [2.05, 4.69) is 6.92 Å². The molecule has 0 aliphatic carbocycles. The minimum Gasteiger partial charge on any atom is -0.324 e. The Morgan fingerprint density at radius 1 is 1.53 bits per heavy atom. The molecule has 15 heavy (non-hydrogen) atoms. The summed E-state index contributed by atoms with van der Waals surface area (Å²) in [6, 6.07) is 6.21. The van der Waals surface area contributed by atoms with Crippen molar-refractivity contribution in [1.29, 1.82) is 5.26 Å². The maximum atomic E-state index is 13.0. The number of unbranched alkanes of at least 4 members (excludes halogenated alkanes) is 1. The van der Waals surface area contributed by atoms with Gasteiger partial charge >= 0.3 is 0 Å². The van der Waals surface area contributed by atoms with Gasteiger partial charge in [0.2, 0.25) is 0 Å². The third-order valence-electron chi connectivity index (χ3n) is 2.41. The first-order chi connectivity index (χ1) is 7.19. The SMILES string of the molecule is CCCC[C@H](N)c1ccc(F)c(C#N)c1. The molecule has 0 spiro atoms. The van der Waals surface area contributed by atoms with Gasteiger partial charge in [-0.05, 0) is 24.1 Å². The maximum absolute atomic E-state index is 13.0. The van der Waals surface area contributed by atoms with Crippen LogP contribution >= 0.6 is 0 Å². The number of nitriles is 1. The van der Waals surface area contributed by atoms with E-state index in [4.69, 9.17) is 11.0 Å². The van der Waals surface area contributed by atoms with E-state index < -0.39 is 5.82 Å². The highest BCUT2D eigenvalue weighted by atomic mass is 19.1. The molecule has 0 amide bonds. The highest BCUT2D eigenvalue weighted by molar-refractivity contribution is 5.35. The predicted molar refractivity (Wildman–Crippen MR) is 57.6 cm³/mol. The molecule has 0 saturated heterocycles. The Morgan fingerprint density at radius 2 is 2.27 bits per heavy atom. The number of nitrogens with two attached hydrogens (primary N) is 1. The van der Waals surface area contributed by atoms with E-state index in [0.29, 0.717) is 0 Å². The quantitative estimate of drug-likeness (QED) is 0.823. The molecule has 0 aliphatic rings. The van der Waals surface area contributed by atoms with Gasteiger partial charge in [-0.1, -0.05) is 25.8 Å². The zero-order valence-electron chi connectivity index (χ0n) is 8.83. The Hall–Kier alpha value is -1.40. The predicted octanol–water partition coefficient (Wildman–Crippen LogP) is 2.89. The number of hydrogen-bond donors (Lipinski definition) is 1. The summed E-state index contributed by atoms with van der Waals surface area (Å²) >= 11 is 0. The summed E-state index contributed by atoms with van der Waals surface area (Å²) in [6.07, 6.45) is 2.99. The van der Waals surface area contributed by atoms with E-state index in [1.807, 2.05) is 6.07 Å². The van der Waals surface area contributed by atoms with Crippen molar-refractivity contribution in [3.05, 3.63) is 35.1 Å². The molecule has 2 N–H and O–H groups in total. The largest absolute Gasteiger partial charge is 0.324 e. The zero-order valence-corrected chi connectivity index (χ0v) is 8.83. The monoisotopic (exact) mass is 206 g/mol. The van der Waals surface area contributed by atoms with E-state index in [1.54, 1.807) is 6.07 Å². The van der Waals surface area contributed by atoms with Gasteiger partial charge in [0.15, 0.2) is 0 Å². The third kappa shape index (κ3) is 3.03. The van der Waals surface area contributed by atoms with Crippen LogP contribution in [0.1, 0.15) is 43.4 Å². The number of rotatable bonds is 4. The number of halogens is 1. The molecule has 1 atom stereocenters. The molecule has 0 bridgehead atoms. The van der Waals surface area contributed by atoms with Crippen molar-refractivity contribution in [2.45, 2.75) is 32.2 Å². The van der Waals surface area contributed by atoms with Gasteiger partial charge in [0.25, 0.3) is 0 Å². The van der Waals surface area contributed by atoms with Gasteiger partial charge in [0.1, 0.15) is 11.9 Å². The summed E-state index contributed by atoms with van der Waals surface area (Å²) in [5.74, 6) is -0.482. The molecule has 2 nitrogen and oxygen atoms in total. The first kappa shape index (κ1) is 11.7. The Morgan fingerprint density at radius 3 is 2.87 bits per heavy atom. The normalized spacial score (nSPS) is 12.1. The van der Waals surface area contributed by atoms with E-state index in [1.165, 1.54) is 12.1 Å². The number of hydrogen-bond acceptors (Lipinski definition) is 2. The summed E-state index contributed by atoms with van der Waals surface area (Å²) in [6.45, 7) is 2.10. The summed E-state index contributed by atoms with van der Waals surface area (Å²) in [5, 5.41) is 8.67. The lowest BCUT2D eigenvalue weighted by Gasteiger charge is -2.11. The molecule has 1 aromatic carbocycles. The van der Waals surface area contributed by atoms with Gasteiger partial charge in [0, 0.05) is 6.04 Å². The fourth-order valence-corrected chi connectivity index (χ4v) is 1.45. The van der Waals surface area contributed by atoms with Gasteiger partial charge in [-0.25, -0.2) is 4.39 Å². The molecular weight excluding hydrogens is 191 g/mol. The molecule has 0 saturated carbocycles. The van der Waals surface area contributed by atoms with Crippen LogP contribution in [0.5, 0.6) is 0 Å². The molecule has 80 valence electrons. The number of nitrogens with zero attached hydrogens (tertiary/aromatic N) is 1. The van der Waals surface area contributed by atoms with Crippen LogP contribution in [-0.4, -0.2) is 0 Å². The van der Waals surface area contributed by atoms with Crippen LogP contribution in [0.3, 0.4) is 0 Å². The average molecular weight is 206 g/mol. The standard InChI is InChI=1S/C12H15FN2/c1-2-3-4-12(15)9-5-6-11(13)10(7-9)8-14/h5-7,12H,2-4,15H2,1H3/t12-/m0/s1. The molecule has 3 heteroatoms. The van der Waals surface area contributed by atoms with Crippen LogP contribution < -0.4 is 5.73 Å². The lowest BCUT2D eigenvalue weighted by molar-refractivity contribution is 0.595.